The normalized spacial score (nSPS) is 17.8. The van der Waals surface area contributed by atoms with Crippen molar-refractivity contribution in [1.29, 1.82) is 0 Å². The van der Waals surface area contributed by atoms with Crippen molar-refractivity contribution in [3.8, 4) is 16.9 Å². The minimum atomic E-state index is -1.11. The Balaban J connectivity index is 1.20. The summed E-state index contributed by atoms with van der Waals surface area (Å²) >= 11 is 0. The molecule has 2 aliphatic rings. The number of amides is 1. The topological polar surface area (TPSA) is 65.4 Å². The summed E-state index contributed by atoms with van der Waals surface area (Å²) in [6.07, 6.45) is 4.29. The smallest absolute Gasteiger partial charge is 0.225 e. The molecule has 1 atom stereocenters. The Morgan fingerprint density at radius 2 is 1.97 bits per heavy atom. The van der Waals surface area contributed by atoms with Gasteiger partial charge >= 0.3 is 0 Å². The number of halogens is 1. The quantitative estimate of drug-likeness (QED) is 0.255. The molecule has 2 aromatic carbocycles. The van der Waals surface area contributed by atoms with Crippen molar-refractivity contribution < 1.29 is 18.7 Å². The standard InChI is InChI=1S/C29H36FN3O3Si/c1-20-25(17-31-33(20)19-35-13-14-37(2,3)4)21-5-8-23(9-6-21)32-28(34)16-26-24-10-7-22(30)15-27(24)36-18-29(26)11-12-29/h5-10,15,17,26H,11-14,16,18-19H2,1-4H3,(H,32,34). The highest BCUT2D eigenvalue weighted by Crippen LogP contribution is 2.61. The highest BCUT2D eigenvalue weighted by atomic mass is 28.3. The van der Waals surface area contributed by atoms with Crippen LogP contribution in [0.5, 0.6) is 5.75 Å². The molecule has 1 saturated carbocycles. The minimum absolute atomic E-state index is 0.00209. The number of rotatable bonds is 9. The van der Waals surface area contributed by atoms with Crippen molar-refractivity contribution in [2.45, 2.75) is 64.5 Å². The first-order chi connectivity index (χ1) is 17.6. The monoisotopic (exact) mass is 521 g/mol. The van der Waals surface area contributed by atoms with Gasteiger partial charge in [-0.05, 0) is 55.1 Å². The molecule has 5 rings (SSSR count). The van der Waals surface area contributed by atoms with Crippen molar-refractivity contribution >= 4 is 19.7 Å². The van der Waals surface area contributed by atoms with Crippen LogP contribution < -0.4 is 10.1 Å². The molecule has 37 heavy (non-hydrogen) atoms. The van der Waals surface area contributed by atoms with Crippen LogP contribution in [0.15, 0.2) is 48.7 Å². The molecule has 3 aromatic rings. The molecule has 0 saturated heterocycles. The van der Waals surface area contributed by atoms with Crippen LogP contribution in [0.4, 0.5) is 10.1 Å². The Kier molecular flexibility index (Phi) is 6.98. The lowest BCUT2D eigenvalue weighted by atomic mass is 9.79. The maximum Gasteiger partial charge on any atom is 0.225 e. The predicted octanol–water partition coefficient (Wildman–Crippen LogP) is 6.59. The Hall–Kier alpha value is -2.97. The summed E-state index contributed by atoms with van der Waals surface area (Å²) in [6, 6.07) is 13.7. The summed E-state index contributed by atoms with van der Waals surface area (Å²) in [5.74, 6) is 0.249. The molecule has 0 radical (unpaired) electrons. The van der Waals surface area contributed by atoms with Crippen molar-refractivity contribution in [2.24, 2.45) is 5.41 Å². The van der Waals surface area contributed by atoms with Gasteiger partial charge in [0.25, 0.3) is 0 Å². The Morgan fingerprint density at radius 1 is 1.22 bits per heavy atom. The Bertz CT molecular complexity index is 1280. The van der Waals surface area contributed by atoms with Crippen molar-refractivity contribution in [3.63, 3.8) is 0 Å². The first-order valence-corrected chi connectivity index (χ1v) is 16.8. The van der Waals surface area contributed by atoms with E-state index in [2.05, 4.69) is 30.1 Å². The van der Waals surface area contributed by atoms with Gasteiger partial charge in [0, 0.05) is 55.4 Å². The van der Waals surface area contributed by atoms with E-state index in [1.165, 1.54) is 12.1 Å². The molecule has 1 amide bonds. The summed E-state index contributed by atoms with van der Waals surface area (Å²) in [6.45, 7) is 10.8. The van der Waals surface area contributed by atoms with E-state index in [9.17, 15) is 9.18 Å². The maximum absolute atomic E-state index is 13.7. The van der Waals surface area contributed by atoms with E-state index < -0.39 is 8.07 Å². The molecular weight excluding hydrogens is 485 g/mol. The van der Waals surface area contributed by atoms with E-state index in [0.29, 0.717) is 25.5 Å². The average Bonchev–Trinajstić information content (AvgIpc) is 3.53. The van der Waals surface area contributed by atoms with Crippen LogP contribution in [-0.2, 0) is 16.3 Å². The number of aromatic nitrogens is 2. The highest BCUT2D eigenvalue weighted by Gasteiger charge is 2.54. The van der Waals surface area contributed by atoms with Crippen molar-refractivity contribution in [3.05, 3.63) is 65.7 Å². The Labute approximate surface area is 219 Å². The molecule has 0 bridgehead atoms. The summed E-state index contributed by atoms with van der Waals surface area (Å²) in [5, 5.41) is 7.56. The lowest BCUT2D eigenvalue weighted by molar-refractivity contribution is -0.117. The average molecular weight is 522 g/mol. The zero-order chi connectivity index (χ0) is 26.2. The molecular formula is C29H36FN3O3Si. The fourth-order valence-electron chi connectivity index (χ4n) is 5.07. The third-order valence-corrected chi connectivity index (χ3v) is 9.38. The van der Waals surface area contributed by atoms with E-state index in [1.807, 2.05) is 42.1 Å². The van der Waals surface area contributed by atoms with Gasteiger partial charge in [-0.15, -0.1) is 0 Å². The summed E-state index contributed by atoms with van der Waals surface area (Å²) < 4.78 is 27.3. The number of ether oxygens (including phenoxy) is 2. The minimum Gasteiger partial charge on any atom is -0.493 e. The van der Waals surface area contributed by atoms with Gasteiger partial charge in [-0.25, -0.2) is 9.07 Å². The number of anilines is 1. The van der Waals surface area contributed by atoms with Gasteiger partial charge in [0.05, 0.1) is 12.8 Å². The molecule has 1 aliphatic heterocycles. The van der Waals surface area contributed by atoms with Gasteiger partial charge in [0.15, 0.2) is 0 Å². The molecule has 8 heteroatoms. The third kappa shape index (κ3) is 5.80. The SMILES string of the molecule is Cc1c(-c2ccc(NC(=O)CC3c4ccc(F)cc4OCC34CC4)cc2)cnn1COCC[Si](C)(C)C. The van der Waals surface area contributed by atoms with Gasteiger partial charge in [-0.1, -0.05) is 37.8 Å². The van der Waals surface area contributed by atoms with Crippen LogP contribution in [0.1, 0.15) is 36.4 Å². The van der Waals surface area contributed by atoms with E-state index in [-0.39, 0.29) is 23.1 Å². The lowest BCUT2D eigenvalue weighted by Crippen LogP contribution is -2.30. The second-order valence-corrected chi connectivity index (χ2v) is 17.3. The van der Waals surface area contributed by atoms with Gasteiger partial charge in [-0.3, -0.25) is 4.79 Å². The van der Waals surface area contributed by atoms with Crippen LogP contribution in [-0.4, -0.2) is 37.0 Å². The number of fused-ring (bicyclic) bond motifs is 1. The van der Waals surface area contributed by atoms with Crippen molar-refractivity contribution in [2.75, 3.05) is 18.5 Å². The lowest BCUT2D eigenvalue weighted by Gasteiger charge is -2.33. The van der Waals surface area contributed by atoms with E-state index >= 15 is 0 Å². The van der Waals surface area contributed by atoms with Gasteiger partial charge in [-0.2, -0.15) is 5.10 Å². The van der Waals surface area contributed by atoms with Crippen LogP contribution in [0, 0.1) is 18.2 Å². The zero-order valence-electron chi connectivity index (χ0n) is 22.1. The summed E-state index contributed by atoms with van der Waals surface area (Å²) in [5.41, 5.74) is 4.84. The van der Waals surface area contributed by atoms with E-state index in [4.69, 9.17) is 9.47 Å². The summed E-state index contributed by atoms with van der Waals surface area (Å²) in [7, 11) is -1.11. The van der Waals surface area contributed by atoms with Crippen LogP contribution in [0.2, 0.25) is 25.7 Å². The number of carbonyl (C=O) groups excluding carboxylic acids is 1. The number of nitrogens with zero attached hydrogens (tertiary/aromatic N) is 2. The molecule has 196 valence electrons. The molecule has 1 spiro atoms. The van der Waals surface area contributed by atoms with Crippen LogP contribution in [0.25, 0.3) is 11.1 Å². The fourth-order valence-corrected chi connectivity index (χ4v) is 5.83. The summed E-state index contributed by atoms with van der Waals surface area (Å²) in [4.78, 5) is 13.0. The molecule has 1 fully saturated rings. The number of nitrogens with one attached hydrogen (secondary N) is 1. The number of hydrogen-bond acceptors (Lipinski definition) is 4. The van der Waals surface area contributed by atoms with E-state index in [0.717, 1.165) is 53.6 Å². The van der Waals surface area contributed by atoms with Gasteiger partial charge in [0.2, 0.25) is 5.91 Å². The fraction of sp³-hybridized carbons (Fsp3) is 0.448. The van der Waals surface area contributed by atoms with Gasteiger partial charge < -0.3 is 14.8 Å². The van der Waals surface area contributed by atoms with Crippen LogP contribution >= 0.6 is 0 Å². The molecule has 1 N–H and O–H groups in total. The third-order valence-electron chi connectivity index (χ3n) is 7.68. The first-order valence-electron chi connectivity index (χ1n) is 13.1. The second-order valence-electron chi connectivity index (χ2n) is 11.7. The predicted molar refractivity (Wildman–Crippen MR) is 146 cm³/mol. The molecule has 1 unspecified atom stereocenters. The highest BCUT2D eigenvalue weighted by molar-refractivity contribution is 6.76. The molecule has 2 heterocycles. The zero-order valence-corrected chi connectivity index (χ0v) is 23.1. The molecule has 1 aliphatic carbocycles. The largest absolute Gasteiger partial charge is 0.493 e. The van der Waals surface area contributed by atoms with Gasteiger partial charge in [0.1, 0.15) is 18.3 Å². The maximum atomic E-state index is 13.7. The van der Waals surface area contributed by atoms with Crippen molar-refractivity contribution in [1.82, 2.24) is 9.78 Å². The number of hydrogen-bond donors (Lipinski definition) is 1. The second kappa shape index (κ2) is 10.1. The molecule has 1 aromatic heterocycles. The van der Waals surface area contributed by atoms with Crippen LogP contribution in [0.3, 0.4) is 0 Å². The number of benzene rings is 2. The molecule has 6 nitrogen and oxygen atoms in total. The first kappa shape index (κ1) is 25.7. The van der Waals surface area contributed by atoms with E-state index in [1.54, 1.807) is 6.07 Å². The Morgan fingerprint density at radius 3 is 2.68 bits per heavy atom. The number of carbonyl (C=O) groups is 1.